The number of carbonyl (C=O) groups excluding carboxylic acids is 1. The number of primary amides is 1. The van der Waals surface area contributed by atoms with E-state index in [1.807, 2.05) is 17.8 Å². The van der Waals surface area contributed by atoms with E-state index in [9.17, 15) is 4.79 Å². The van der Waals surface area contributed by atoms with Crippen LogP contribution in [0, 0.1) is 0 Å². The molecule has 28 heavy (non-hydrogen) atoms. The molecule has 3 heterocycles. The number of pyridine rings is 1. The fraction of sp³-hybridized carbons (Fsp3) is 0.235. The van der Waals surface area contributed by atoms with E-state index in [1.165, 1.54) is 6.07 Å². The summed E-state index contributed by atoms with van der Waals surface area (Å²) in [5.41, 5.74) is 8.74. The third-order valence-corrected chi connectivity index (χ3v) is 5.48. The average Bonchev–Trinajstić information content (AvgIpc) is 3.03. The van der Waals surface area contributed by atoms with Gasteiger partial charge < -0.3 is 15.8 Å². The number of rotatable bonds is 6. The molecule has 3 aromatic rings. The molecule has 0 unspecified atom stereocenters. The predicted molar refractivity (Wildman–Crippen MR) is 110 cm³/mol. The quantitative estimate of drug-likeness (QED) is 0.587. The second-order valence-electron chi connectivity index (χ2n) is 6.09. The largest absolute Gasteiger partial charge is 0.494 e. The van der Waals surface area contributed by atoms with Crippen LogP contribution in [0.25, 0.3) is 11.3 Å². The third-order valence-electron chi connectivity index (χ3n) is 3.96. The standard InChI is InChI=1S/C17H19ClN7O2P/c1-25-14(28(3)4)6-10(24-25)9-7-20-8-12(16(9)27-2)21-11-5-13(18)22-23-15(11)17(19)26/h5-8H,1-4H3,(H2,19,26)(H,21,22). The van der Waals surface area contributed by atoms with Gasteiger partial charge in [0.15, 0.2) is 16.6 Å². The number of carbonyl (C=O) groups is 1. The van der Waals surface area contributed by atoms with E-state index in [4.69, 9.17) is 22.1 Å². The van der Waals surface area contributed by atoms with Crippen LogP contribution in [0.2, 0.25) is 5.15 Å². The predicted octanol–water partition coefficient (Wildman–Crippen LogP) is 2.14. The molecule has 3 N–H and O–H groups in total. The lowest BCUT2D eigenvalue weighted by Gasteiger charge is -2.14. The van der Waals surface area contributed by atoms with Gasteiger partial charge in [0.05, 0.1) is 35.7 Å². The summed E-state index contributed by atoms with van der Waals surface area (Å²) in [6, 6.07) is 3.48. The number of halogens is 1. The minimum Gasteiger partial charge on any atom is -0.494 e. The van der Waals surface area contributed by atoms with Crippen molar-refractivity contribution in [3.8, 4) is 17.0 Å². The van der Waals surface area contributed by atoms with Crippen molar-refractivity contribution in [3.63, 3.8) is 0 Å². The maximum atomic E-state index is 11.6. The summed E-state index contributed by atoms with van der Waals surface area (Å²) in [4.78, 5) is 15.9. The Morgan fingerprint density at radius 2 is 2.00 bits per heavy atom. The number of nitrogens with zero attached hydrogens (tertiary/aromatic N) is 5. The smallest absolute Gasteiger partial charge is 0.271 e. The van der Waals surface area contributed by atoms with Crippen molar-refractivity contribution in [1.82, 2.24) is 25.0 Å². The molecule has 0 aliphatic rings. The van der Waals surface area contributed by atoms with Crippen LogP contribution in [0.15, 0.2) is 24.5 Å². The van der Waals surface area contributed by atoms with Crippen LogP contribution in [0.4, 0.5) is 11.4 Å². The molecule has 3 aromatic heterocycles. The Kier molecular flexibility index (Phi) is 5.76. The SMILES string of the molecule is COc1c(Nc2cc(Cl)nnc2C(N)=O)cncc1-c1cc(P(C)C)n(C)n1. The van der Waals surface area contributed by atoms with Gasteiger partial charge in [-0.15, -0.1) is 10.2 Å². The van der Waals surface area contributed by atoms with Crippen molar-refractivity contribution in [2.75, 3.05) is 25.8 Å². The van der Waals surface area contributed by atoms with Gasteiger partial charge in [0, 0.05) is 19.3 Å². The Morgan fingerprint density at radius 1 is 1.25 bits per heavy atom. The number of hydrogen-bond acceptors (Lipinski definition) is 7. The molecule has 0 atom stereocenters. The van der Waals surface area contributed by atoms with Gasteiger partial charge in [0.2, 0.25) is 0 Å². The van der Waals surface area contributed by atoms with Gasteiger partial charge in [-0.25, -0.2) is 0 Å². The molecule has 11 heteroatoms. The van der Waals surface area contributed by atoms with Crippen molar-refractivity contribution in [2.24, 2.45) is 12.8 Å². The second kappa shape index (κ2) is 8.08. The molecule has 1 amide bonds. The molecule has 0 aliphatic heterocycles. The first-order valence-electron chi connectivity index (χ1n) is 8.15. The lowest BCUT2D eigenvalue weighted by atomic mass is 10.1. The molecule has 0 aliphatic carbocycles. The number of nitrogens with one attached hydrogen (secondary N) is 1. The number of methoxy groups -OCH3 is 1. The number of amides is 1. The van der Waals surface area contributed by atoms with Crippen LogP contribution in [0.5, 0.6) is 5.75 Å². The van der Waals surface area contributed by atoms with Gasteiger partial charge >= 0.3 is 0 Å². The first-order valence-corrected chi connectivity index (χ1v) is 10.8. The number of anilines is 2. The molecule has 3 rings (SSSR count). The molecule has 146 valence electrons. The first kappa shape index (κ1) is 20.0. The zero-order valence-electron chi connectivity index (χ0n) is 15.8. The highest BCUT2D eigenvalue weighted by Gasteiger charge is 2.19. The molecule has 0 spiro atoms. The molecular formula is C17H19ClN7O2P. The minimum absolute atomic E-state index is 0.0420. The monoisotopic (exact) mass is 419 g/mol. The van der Waals surface area contributed by atoms with Crippen molar-refractivity contribution in [1.29, 1.82) is 0 Å². The number of ether oxygens (including phenoxy) is 1. The molecule has 0 saturated carbocycles. The van der Waals surface area contributed by atoms with E-state index in [0.717, 1.165) is 11.1 Å². The Hall–Kier alpha value is -2.77. The topological polar surface area (TPSA) is 121 Å². The summed E-state index contributed by atoms with van der Waals surface area (Å²) in [5.74, 6) is -0.220. The maximum Gasteiger partial charge on any atom is 0.271 e. The zero-order valence-corrected chi connectivity index (χ0v) is 17.4. The summed E-state index contributed by atoms with van der Waals surface area (Å²) in [5, 5.41) is 15.2. The number of nitrogens with two attached hydrogens (primary N) is 1. The van der Waals surface area contributed by atoms with E-state index < -0.39 is 5.91 Å². The zero-order chi connectivity index (χ0) is 20.4. The first-order chi connectivity index (χ1) is 13.3. The van der Waals surface area contributed by atoms with Gasteiger partial charge in [-0.3, -0.25) is 14.5 Å². The summed E-state index contributed by atoms with van der Waals surface area (Å²) in [7, 11) is 3.14. The number of aromatic nitrogens is 5. The van der Waals surface area contributed by atoms with Gasteiger partial charge in [-0.05, 0) is 19.4 Å². The number of hydrogen-bond donors (Lipinski definition) is 2. The average molecular weight is 420 g/mol. The van der Waals surface area contributed by atoms with Gasteiger partial charge in [0.25, 0.3) is 5.91 Å². The van der Waals surface area contributed by atoms with E-state index in [1.54, 1.807) is 19.5 Å². The lowest BCUT2D eigenvalue weighted by Crippen LogP contribution is -2.16. The van der Waals surface area contributed by atoms with Crippen LogP contribution in [-0.2, 0) is 7.05 Å². The molecule has 9 nitrogen and oxygen atoms in total. The summed E-state index contributed by atoms with van der Waals surface area (Å²) in [6.45, 7) is 4.32. The second-order valence-corrected chi connectivity index (χ2v) is 8.73. The number of aryl methyl sites for hydroxylation is 1. The van der Waals surface area contributed by atoms with Crippen LogP contribution in [0.3, 0.4) is 0 Å². The fourth-order valence-corrected chi connectivity index (χ4v) is 3.89. The van der Waals surface area contributed by atoms with Gasteiger partial charge in [-0.2, -0.15) is 5.10 Å². The highest BCUT2D eigenvalue weighted by Crippen LogP contribution is 2.37. The minimum atomic E-state index is -0.733. The van der Waals surface area contributed by atoms with E-state index in [2.05, 4.69) is 38.9 Å². The molecule has 0 fully saturated rings. The van der Waals surface area contributed by atoms with Crippen molar-refractivity contribution in [3.05, 3.63) is 35.4 Å². The van der Waals surface area contributed by atoms with Crippen LogP contribution < -0.4 is 21.2 Å². The third kappa shape index (κ3) is 3.90. The summed E-state index contributed by atoms with van der Waals surface area (Å²) < 4.78 is 7.47. The van der Waals surface area contributed by atoms with Crippen LogP contribution in [-0.4, -0.2) is 51.3 Å². The molecule has 0 radical (unpaired) electrons. The Labute approximate surface area is 168 Å². The van der Waals surface area contributed by atoms with Crippen LogP contribution >= 0.6 is 19.5 Å². The normalized spacial score (nSPS) is 10.9. The highest BCUT2D eigenvalue weighted by atomic mass is 35.5. The Morgan fingerprint density at radius 3 is 2.61 bits per heavy atom. The molecular weight excluding hydrogens is 401 g/mol. The van der Waals surface area contributed by atoms with Crippen molar-refractivity contribution < 1.29 is 9.53 Å². The van der Waals surface area contributed by atoms with E-state index in [0.29, 0.717) is 22.7 Å². The Bertz CT molecular complexity index is 1040. The van der Waals surface area contributed by atoms with Crippen molar-refractivity contribution >= 4 is 42.2 Å². The van der Waals surface area contributed by atoms with Gasteiger partial charge in [-0.1, -0.05) is 19.5 Å². The fourth-order valence-electron chi connectivity index (χ4n) is 2.74. The lowest BCUT2D eigenvalue weighted by molar-refractivity contribution is 0.0995. The van der Waals surface area contributed by atoms with Crippen molar-refractivity contribution in [2.45, 2.75) is 0 Å². The highest BCUT2D eigenvalue weighted by molar-refractivity contribution is 7.63. The molecule has 0 saturated heterocycles. The van der Waals surface area contributed by atoms with Gasteiger partial charge in [0.1, 0.15) is 5.69 Å². The Balaban J connectivity index is 2.08. The summed E-state index contributed by atoms with van der Waals surface area (Å²) >= 11 is 5.91. The summed E-state index contributed by atoms with van der Waals surface area (Å²) in [6.07, 6.45) is 3.24. The molecule has 0 bridgehead atoms. The molecule has 0 aromatic carbocycles. The van der Waals surface area contributed by atoms with E-state index >= 15 is 0 Å². The van der Waals surface area contributed by atoms with Crippen LogP contribution in [0.1, 0.15) is 10.5 Å². The maximum absolute atomic E-state index is 11.6. The van der Waals surface area contributed by atoms with E-state index in [-0.39, 0.29) is 18.8 Å².